The number of amides is 2. The maximum absolute atomic E-state index is 12.9. The molecule has 1 saturated heterocycles. The zero-order valence-electron chi connectivity index (χ0n) is 20.8. The van der Waals surface area contributed by atoms with E-state index in [0.717, 1.165) is 61.1 Å². The molecular weight excluding hydrogens is 450 g/mol. The molecule has 2 aliphatic rings. The number of carbonyl (C=O) groups is 2. The summed E-state index contributed by atoms with van der Waals surface area (Å²) in [6.45, 7) is 4.80. The van der Waals surface area contributed by atoms with Gasteiger partial charge < -0.3 is 19.8 Å². The van der Waals surface area contributed by atoms with Crippen LogP contribution >= 0.6 is 0 Å². The van der Waals surface area contributed by atoms with Gasteiger partial charge >= 0.3 is 0 Å². The van der Waals surface area contributed by atoms with Gasteiger partial charge in [0.15, 0.2) is 0 Å². The highest BCUT2D eigenvalue weighted by Gasteiger charge is 2.58. The molecule has 186 valence electrons. The maximum atomic E-state index is 12.9. The van der Waals surface area contributed by atoms with Crippen LogP contribution in [0.25, 0.3) is 21.9 Å². The molecule has 7 nitrogen and oxygen atoms in total. The second-order valence-electron chi connectivity index (χ2n) is 10.4. The lowest BCUT2D eigenvalue weighted by molar-refractivity contribution is -0.133. The van der Waals surface area contributed by atoms with E-state index in [1.807, 2.05) is 48.4 Å². The second kappa shape index (κ2) is 9.12. The Bertz CT molecular complexity index is 1430. The summed E-state index contributed by atoms with van der Waals surface area (Å²) >= 11 is 0. The first kappa shape index (κ1) is 22.8. The van der Waals surface area contributed by atoms with Crippen molar-refractivity contribution >= 4 is 33.8 Å². The number of hydrogen-bond acceptors (Lipinski definition) is 3. The summed E-state index contributed by atoms with van der Waals surface area (Å²) in [4.78, 5) is 35.7. The van der Waals surface area contributed by atoms with Crippen molar-refractivity contribution < 1.29 is 9.59 Å². The normalized spacial score (nSPS) is 18.7. The van der Waals surface area contributed by atoms with Crippen LogP contribution in [0.4, 0.5) is 0 Å². The average Bonchev–Trinajstić information content (AvgIpc) is 3.27. The Labute approximate surface area is 210 Å². The van der Waals surface area contributed by atoms with E-state index in [-0.39, 0.29) is 23.1 Å². The number of carbonyl (C=O) groups excluding carboxylic acids is 2. The molecule has 4 aromatic rings. The van der Waals surface area contributed by atoms with E-state index in [1.54, 1.807) is 0 Å². The van der Waals surface area contributed by atoms with E-state index in [0.29, 0.717) is 19.5 Å². The van der Waals surface area contributed by atoms with Gasteiger partial charge in [0.2, 0.25) is 11.8 Å². The monoisotopic (exact) mass is 483 g/mol. The molecule has 0 radical (unpaired) electrons. The van der Waals surface area contributed by atoms with Gasteiger partial charge in [0.1, 0.15) is 5.82 Å². The number of benzene rings is 2. The number of aromatic nitrogens is 3. The Morgan fingerprint density at radius 2 is 1.89 bits per heavy atom. The van der Waals surface area contributed by atoms with E-state index < -0.39 is 0 Å². The third-order valence-electron chi connectivity index (χ3n) is 8.38. The number of likely N-dealkylation sites (tertiary alicyclic amines) is 1. The summed E-state index contributed by atoms with van der Waals surface area (Å²) < 4.78 is 2.14. The first-order valence-electron chi connectivity index (χ1n) is 13.1. The quantitative estimate of drug-likeness (QED) is 0.413. The van der Waals surface area contributed by atoms with Crippen LogP contribution in [0.2, 0.25) is 0 Å². The zero-order valence-corrected chi connectivity index (χ0v) is 20.8. The van der Waals surface area contributed by atoms with Crippen LogP contribution in [0, 0.1) is 18.3 Å². The minimum Gasteiger partial charge on any atom is -0.361 e. The maximum Gasteiger partial charge on any atom is 0.224 e. The molecule has 1 spiro atoms. The van der Waals surface area contributed by atoms with Gasteiger partial charge in [-0.25, -0.2) is 4.98 Å². The summed E-state index contributed by atoms with van der Waals surface area (Å²) in [6, 6.07) is 16.3. The predicted octanol–water partition coefficient (Wildman–Crippen LogP) is 4.20. The highest BCUT2D eigenvalue weighted by Crippen LogP contribution is 2.59. The summed E-state index contributed by atoms with van der Waals surface area (Å²) in [6.07, 6.45) is 6.14. The number of nitrogens with one attached hydrogen (secondary N) is 2. The van der Waals surface area contributed by atoms with E-state index in [1.165, 1.54) is 10.9 Å². The molecule has 2 amide bonds. The lowest BCUT2D eigenvalue weighted by atomic mass is 9.90. The molecule has 1 atom stereocenters. The van der Waals surface area contributed by atoms with Gasteiger partial charge in [-0.3, -0.25) is 9.59 Å². The average molecular weight is 484 g/mol. The predicted molar refractivity (Wildman–Crippen MR) is 140 cm³/mol. The molecule has 1 aliphatic carbocycles. The molecule has 1 saturated carbocycles. The van der Waals surface area contributed by atoms with E-state index in [9.17, 15) is 9.59 Å². The topological polar surface area (TPSA) is 83.0 Å². The van der Waals surface area contributed by atoms with Crippen molar-refractivity contribution in [1.82, 2.24) is 24.8 Å². The minimum atomic E-state index is 0.0951. The Hall–Kier alpha value is -3.61. The number of aryl methyl sites for hydroxylation is 2. The van der Waals surface area contributed by atoms with E-state index >= 15 is 0 Å². The van der Waals surface area contributed by atoms with Crippen molar-refractivity contribution in [1.29, 1.82) is 0 Å². The summed E-state index contributed by atoms with van der Waals surface area (Å²) in [5, 5.41) is 4.39. The highest BCUT2D eigenvalue weighted by atomic mass is 16.2. The summed E-state index contributed by atoms with van der Waals surface area (Å²) in [5.74, 6) is 1.41. The molecule has 0 bridgehead atoms. The first-order chi connectivity index (χ1) is 17.5. The molecule has 2 aromatic heterocycles. The number of aromatic amines is 1. The van der Waals surface area contributed by atoms with Gasteiger partial charge in [0.25, 0.3) is 0 Å². The van der Waals surface area contributed by atoms with Gasteiger partial charge in [-0.15, -0.1) is 0 Å². The summed E-state index contributed by atoms with van der Waals surface area (Å²) in [7, 11) is 0. The fraction of sp³-hybridized carbons (Fsp3) is 0.414. The van der Waals surface area contributed by atoms with Crippen molar-refractivity contribution in [3.05, 3.63) is 66.1 Å². The van der Waals surface area contributed by atoms with Crippen LogP contribution in [0.15, 0.2) is 54.7 Å². The fourth-order valence-corrected chi connectivity index (χ4v) is 6.10. The van der Waals surface area contributed by atoms with Crippen molar-refractivity contribution in [2.24, 2.45) is 11.3 Å². The number of imidazole rings is 1. The van der Waals surface area contributed by atoms with Crippen molar-refractivity contribution in [3.63, 3.8) is 0 Å². The van der Waals surface area contributed by atoms with Gasteiger partial charge in [-0.2, -0.15) is 0 Å². The molecular formula is C29H33N5O2. The smallest absolute Gasteiger partial charge is 0.224 e. The third-order valence-corrected chi connectivity index (χ3v) is 8.38. The van der Waals surface area contributed by atoms with E-state index in [2.05, 4.69) is 38.1 Å². The minimum absolute atomic E-state index is 0.0951. The molecule has 1 aliphatic heterocycles. The number of rotatable bonds is 7. The largest absolute Gasteiger partial charge is 0.361 e. The van der Waals surface area contributed by atoms with Crippen molar-refractivity contribution in [2.45, 2.75) is 45.6 Å². The molecule has 3 heterocycles. The number of piperidine rings is 1. The van der Waals surface area contributed by atoms with Crippen LogP contribution in [-0.4, -0.2) is 50.9 Å². The van der Waals surface area contributed by atoms with Crippen LogP contribution in [0.1, 0.15) is 37.1 Å². The lowest BCUT2D eigenvalue weighted by Crippen LogP contribution is -2.41. The number of hydrogen-bond donors (Lipinski definition) is 2. The SMILES string of the molecule is Cc1nc2ccccc2n1CCC(=O)N1CCC2(CC1)CC2C(=O)NCCc1c[nH]c2ccccc12. The van der Waals surface area contributed by atoms with Gasteiger partial charge in [-0.05, 0) is 61.8 Å². The van der Waals surface area contributed by atoms with Crippen molar-refractivity contribution in [2.75, 3.05) is 19.6 Å². The van der Waals surface area contributed by atoms with E-state index in [4.69, 9.17) is 0 Å². The number of H-pyrrole nitrogens is 1. The molecule has 36 heavy (non-hydrogen) atoms. The van der Waals surface area contributed by atoms with Crippen LogP contribution in [0.3, 0.4) is 0 Å². The number of fused-ring (bicyclic) bond motifs is 2. The molecule has 7 heteroatoms. The first-order valence-corrected chi connectivity index (χ1v) is 13.1. The Kier molecular flexibility index (Phi) is 5.78. The van der Waals surface area contributed by atoms with Crippen LogP contribution in [0.5, 0.6) is 0 Å². The molecule has 2 N–H and O–H groups in total. The second-order valence-corrected chi connectivity index (χ2v) is 10.4. The molecule has 2 fully saturated rings. The van der Waals surface area contributed by atoms with Crippen molar-refractivity contribution in [3.8, 4) is 0 Å². The molecule has 6 rings (SSSR count). The van der Waals surface area contributed by atoms with Crippen LogP contribution < -0.4 is 5.32 Å². The lowest BCUT2D eigenvalue weighted by Gasteiger charge is -2.33. The highest BCUT2D eigenvalue weighted by molar-refractivity contribution is 5.84. The fourth-order valence-electron chi connectivity index (χ4n) is 6.10. The van der Waals surface area contributed by atoms with Gasteiger partial charge in [0, 0.05) is 55.6 Å². The standard InChI is InChI=1S/C29H33N5O2/c1-20-32-25-8-4-5-9-26(25)34(20)15-11-27(35)33-16-12-29(13-17-33)18-23(29)28(36)30-14-10-21-19-31-24-7-3-2-6-22(21)24/h2-9,19,23,31H,10-18H2,1H3,(H,30,36). The Morgan fingerprint density at radius 3 is 2.75 bits per heavy atom. The zero-order chi connectivity index (χ0) is 24.7. The van der Waals surface area contributed by atoms with Gasteiger partial charge in [0.05, 0.1) is 11.0 Å². The third kappa shape index (κ3) is 4.16. The molecule has 1 unspecified atom stereocenters. The van der Waals surface area contributed by atoms with Crippen LogP contribution in [-0.2, 0) is 22.6 Å². The Morgan fingerprint density at radius 1 is 1.11 bits per heavy atom. The number of para-hydroxylation sites is 3. The molecule has 2 aromatic carbocycles. The Balaban J connectivity index is 0.967. The van der Waals surface area contributed by atoms with Gasteiger partial charge in [-0.1, -0.05) is 30.3 Å². The number of nitrogens with zero attached hydrogens (tertiary/aromatic N) is 3. The summed E-state index contributed by atoms with van der Waals surface area (Å²) in [5.41, 5.74) is 4.52.